The highest BCUT2D eigenvalue weighted by Gasteiger charge is 2.06. The van der Waals surface area contributed by atoms with E-state index in [9.17, 15) is 5.11 Å². The highest BCUT2D eigenvalue weighted by molar-refractivity contribution is 7.71. The molecule has 0 amide bonds. The molecule has 100 valence electrons. The molecule has 0 unspecified atom stereocenters. The number of aryl methyl sites for hydroxylation is 1. The summed E-state index contributed by atoms with van der Waals surface area (Å²) in [6.45, 7) is 2.46. The number of methoxy groups -OCH3 is 1. The van der Waals surface area contributed by atoms with Gasteiger partial charge in [0, 0.05) is 18.3 Å². The van der Waals surface area contributed by atoms with E-state index in [0.717, 1.165) is 21.5 Å². The van der Waals surface area contributed by atoms with Gasteiger partial charge in [-0.2, -0.15) is 0 Å². The molecular weight excluding hydrogens is 260 g/mol. The Balaban J connectivity index is 2.14. The van der Waals surface area contributed by atoms with E-state index in [0.29, 0.717) is 12.3 Å². The molecule has 2 rings (SSSR count). The zero-order valence-electron chi connectivity index (χ0n) is 10.9. The van der Waals surface area contributed by atoms with Gasteiger partial charge in [0.1, 0.15) is 4.64 Å². The number of rotatable bonds is 4. The number of aromatic nitrogens is 1. The molecule has 1 heterocycles. The van der Waals surface area contributed by atoms with Crippen molar-refractivity contribution < 1.29 is 9.84 Å². The Morgan fingerprint density at radius 2 is 2.21 bits per heavy atom. The van der Waals surface area contributed by atoms with E-state index in [4.69, 9.17) is 17.0 Å². The fourth-order valence-electron chi connectivity index (χ4n) is 1.77. The Morgan fingerprint density at radius 1 is 1.42 bits per heavy atom. The molecule has 0 spiro atoms. The van der Waals surface area contributed by atoms with Crippen LogP contribution in [0.2, 0.25) is 0 Å². The number of aromatic amines is 1. The van der Waals surface area contributed by atoms with E-state index in [1.165, 1.54) is 7.11 Å². The van der Waals surface area contributed by atoms with Crippen molar-refractivity contribution in [1.82, 2.24) is 4.98 Å². The SMILES string of the molecule is COc1cccc(CNc2c[nH]c(=S)c(C)c2)c1O. The van der Waals surface area contributed by atoms with Gasteiger partial charge in [-0.15, -0.1) is 0 Å². The van der Waals surface area contributed by atoms with E-state index in [-0.39, 0.29) is 5.75 Å². The zero-order valence-corrected chi connectivity index (χ0v) is 11.7. The smallest absolute Gasteiger partial charge is 0.162 e. The summed E-state index contributed by atoms with van der Waals surface area (Å²) < 4.78 is 5.81. The molecule has 0 fully saturated rings. The van der Waals surface area contributed by atoms with Gasteiger partial charge in [-0.3, -0.25) is 0 Å². The lowest BCUT2D eigenvalue weighted by Crippen LogP contribution is -2.01. The highest BCUT2D eigenvalue weighted by atomic mass is 32.1. The second kappa shape index (κ2) is 5.75. The molecule has 0 aliphatic heterocycles. The maximum Gasteiger partial charge on any atom is 0.162 e. The van der Waals surface area contributed by atoms with Gasteiger partial charge in [-0.05, 0) is 24.6 Å². The Hall–Kier alpha value is -2.01. The Bertz CT molecular complexity index is 638. The summed E-state index contributed by atoms with van der Waals surface area (Å²) in [6, 6.07) is 7.39. The van der Waals surface area contributed by atoms with Crippen LogP contribution in [0.5, 0.6) is 11.5 Å². The Morgan fingerprint density at radius 3 is 2.89 bits per heavy atom. The monoisotopic (exact) mass is 276 g/mol. The molecule has 1 aromatic heterocycles. The number of anilines is 1. The minimum absolute atomic E-state index is 0.165. The molecule has 0 saturated carbocycles. The summed E-state index contributed by atoms with van der Waals surface area (Å²) in [6.07, 6.45) is 1.81. The minimum atomic E-state index is 0.165. The van der Waals surface area contributed by atoms with Crippen LogP contribution in [-0.2, 0) is 6.54 Å². The number of nitrogens with one attached hydrogen (secondary N) is 2. The first-order chi connectivity index (χ1) is 9.11. The van der Waals surface area contributed by atoms with Crippen LogP contribution in [0.15, 0.2) is 30.5 Å². The number of H-pyrrole nitrogens is 1. The van der Waals surface area contributed by atoms with Crippen LogP contribution in [0.3, 0.4) is 0 Å². The maximum absolute atomic E-state index is 9.98. The van der Waals surface area contributed by atoms with Gasteiger partial charge in [0.05, 0.1) is 12.8 Å². The van der Waals surface area contributed by atoms with E-state index in [2.05, 4.69) is 10.3 Å². The lowest BCUT2D eigenvalue weighted by atomic mass is 10.2. The van der Waals surface area contributed by atoms with Gasteiger partial charge in [-0.1, -0.05) is 24.4 Å². The molecule has 0 aliphatic rings. The van der Waals surface area contributed by atoms with E-state index in [1.807, 2.05) is 31.3 Å². The molecular formula is C14H16N2O2S. The van der Waals surface area contributed by atoms with Crippen molar-refractivity contribution in [2.75, 3.05) is 12.4 Å². The number of hydrogen-bond donors (Lipinski definition) is 3. The van der Waals surface area contributed by atoms with Crippen LogP contribution in [0, 0.1) is 11.6 Å². The summed E-state index contributed by atoms with van der Waals surface area (Å²) in [5, 5.41) is 13.2. The van der Waals surface area contributed by atoms with Crippen molar-refractivity contribution in [3.63, 3.8) is 0 Å². The number of aromatic hydroxyl groups is 1. The molecule has 0 atom stereocenters. The predicted octanol–water partition coefficient (Wildman–Crippen LogP) is 3.38. The maximum atomic E-state index is 9.98. The van der Waals surface area contributed by atoms with E-state index >= 15 is 0 Å². The number of hydrogen-bond acceptors (Lipinski definition) is 4. The van der Waals surface area contributed by atoms with Crippen molar-refractivity contribution in [3.05, 3.63) is 46.2 Å². The molecule has 0 aliphatic carbocycles. The average Bonchev–Trinajstić information content (AvgIpc) is 2.41. The third-order valence-corrected chi connectivity index (χ3v) is 3.31. The van der Waals surface area contributed by atoms with Gasteiger partial charge in [0.15, 0.2) is 11.5 Å². The zero-order chi connectivity index (χ0) is 13.8. The highest BCUT2D eigenvalue weighted by Crippen LogP contribution is 2.29. The third-order valence-electron chi connectivity index (χ3n) is 2.87. The lowest BCUT2D eigenvalue weighted by Gasteiger charge is -2.11. The van der Waals surface area contributed by atoms with Crippen molar-refractivity contribution >= 4 is 17.9 Å². The van der Waals surface area contributed by atoms with Crippen LogP contribution in [0.25, 0.3) is 0 Å². The Kier molecular flexibility index (Phi) is 4.06. The molecule has 2 aromatic rings. The number of phenols is 1. The van der Waals surface area contributed by atoms with Crippen LogP contribution >= 0.6 is 12.2 Å². The topological polar surface area (TPSA) is 57.3 Å². The molecule has 1 aromatic carbocycles. The Labute approximate surface area is 117 Å². The second-order valence-electron chi connectivity index (χ2n) is 4.22. The summed E-state index contributed by atoms with van der Waals surface area (Å²) in [5.74, 6) is 0.640. The summed E-state index contributed by atoms with van der Waals surface area (Å²) in [4.78, 5) is 3.01. The van der Waals surface area contributed by atoms with Crippen molar-refractivity contribution in [1.29, 1.82) is 0 Å². The number of phenolic OH excluding ortho intramolecular Hbond substituents is 1. The third kappa shape index (κ3) is 3.06. The van der Waals surface area contributed by atoms with Crippen LogP contribution in [0.1, 0.15) is 11.1 Å². The van der Waals surface area contributed by atoms with Crippen LogP contribution in [0.4, 0.5) is 5.69 Å². The number of pyridine rings is 1. The normalized spacial score (nSPS) is 10.2. The molecule has 0 radical (unpaired) electrons. The van der Waals surface area contributed by atoms with E-state index < -0.39 is 0 Å². The first-order valence-corrected chi connectivity index (χ1v) is 6.30. The predicted molar refractivity (Wildman–Crippen MR) is 78.3 cm³/mol. The van der Waals surface area contributed by atoms with Crippen LogP contribution < -0.4 is 10.1 Å². The lowest BCUT2D eigenvalue weighted by molar-refractivity contribution is 0.371. The molecule has 19 heavy (non-hydrogen) atoms. The fraction of sp³-hybridized carbons (Fsp3) is 0.214. The molecule has 0 saturated heterocycles. The van der Waals surface area contributed by atoms with Crippen LogP contribution in [-0.4, -0.2) is 17.2 Å². The van der Waals surface area contributed by atoms with Crippen molar-refractivity contribution in [2.24, 2.45) is 0 Å². The van der Waals surface area contributed by atoms with Crippen molar-refractivity contribution in [3.8, 4) is 11.5 Å². The number of benzene rings is 1. The number of ether oxygens (including phenoxy) is 1. The second-order valence-corrected chi connectivity index (χ2v) is 4.63. The van der Waals surface area contributed by atoms with E-state index in [1.54, 1.807) is 6.07 Å². The number of para-hydroxylation sites is 1. The average molecular weight is 276 g/mol. The first-order valence-electron chi connectivity index (χ1n) is 5.90. The van der Waals surface area contributed by atoms with Gasteiger partial charge in [0.2, 0.25) is 0 Å². The van der Waals surface area contributed by atoms with Crippen molar-refractivity contribution in [2.45, 2.75) is 13.5 Å². The largest absolute Gasteiger partial charge is 0.504 e. The summed E-state index contributed by atoms with van der Waals surface area (Å²) in [7, 11) is 1.53. The standard InChI is InChI=1S/C14H16N2O2S/c1-9-6-11(8-16-14(9)19)15-7-10-4-3-5-12(18-2)13(10)17/h3-6,8,15,17H,7H2,1-2H3,(H,16,19). The molecule has 4 nitrogen and oxygen atoms in total. The first kappa shape index (κ1) is 13.4. The van der Waals surface area contributed by atoms with Gasteiger partial charge >= 0.3 is 0 Å². The summed E-state index contributed by atoms with van der Waals surface area (Å²) in [5.41, 5.74) is 2.71. The molecule has 3 N–H and O–H groups in total. The quantitative estimate of drug-likeness (QED) is 0.749. The molecule has 0 bridgehead atoms. The van der Waals surface area contributed by atoms with Gasteiger partial charge < -0.3 is 20.1 Å². The van der Waals surface area contributed by atoms with Gasteiger partial charge in [0.25, 0.3) is 0 Å². The van der Waals surface area contributed by atoms with Gasteiger partial charge in [-0.25, -0.2) is 0 Å². The summed E-state index contributed by atoms with van der Waals surface area (Å²) >= 11 is 5.10. The molecule has 5 heteroatoms. The minimum Gasteiger partial charge on any atom is -0.504 e. The fourth-order valence-corrected chi connectivity index (χ4v) is 1.89.